The Morgan fingerprint density at radius 3 is 0.628 bits per heavy atom. The Balaban J connectivity index is 5.20. The predicted molar refractivity (Wildman–Crippen MR) is 382 cm³/mol. The van der Waals surface area contributed by atoms with Gasteiger partial charge in [0.1, 0.15) is 19.3 Å². The standard InChI is InChI=1S/C75H146O17P2/c1-5-9-13-17-21-25-28-31-33-35-37-39-42-44-48-52-56-60-73(78)86-66-71(92-75(80)62-58-54-50-46-43-40-38-36-34-32-29-26-22-18-14-10-6-2)68-90-94(83,84)88-64-69(76)63-87-93(81,82)89-67-70(65-85-72(77)59-55-51-47-24-20-16-12-8-4)91-74(79)61-57-53-49-45-41-30-27-23-19-15-11-7-3/h69-71,76H,5-68H2,1-4H3,(H,81,82)(H,83,84)/t69-,70+,71+/m0/s1. The molecule has 0 fully saturated rings. The molecule has 0 aromatic carbocycles. The zero-order valence-electron chi connectivity index (χ0n) is 60.9. The quantitative estimate of drug-likeness (QED) is 0.0222. The fourth-order valence-electron chi connectivity index (χ4n) is 11.6. The maximum absolute atomic E-state index is 13.1. The van der Waals surface area contributed by atoms with Crippen molar-refractivity contribution in [1.29, 1.82) is 0 Å². The highest BCUT2D eigenvalue weighted by molar-refractivity contribution is 7.47. The minimum Gasteiger partial charge on any atom is -0.462 e. The van der Waals surface area contributed by atoms with E-state index >= 15 is 0 Å². The maximum Gasteiger partial charge on any atom is 0.472 e. The van der Waals surface area contributed by atoms with Crippen molar-refractivity contribution in [2.75, 3.05) is 39.6 Å². The monoisotopic (exact) mass is 1380 g/mol. The van der Waals surface area contributed by atoms with Gasteiger partial charge in [0.15, 0.2) is 12.2 Å². The molecule has 0 aromatic heterocycles. The molecule has 0 aliphatic rings. The SMILES string of the molecule is CCCCCCCCCCCCCCCCCCCC(=O)OC[C@H](COP(=O)(O)OC[C@@H](O)COP(=O)(O)OC[C@@H](COC(=O)CCCCCCCCCC)OC(=O)CCCCCCCCCCCCCC)OC(=O)CCCCCCCCCCCCCCCCCCC. The Kier molecular flexibility index (Phi) is 68.1. The van der Waals surface area contributed by atoms with Gasteiger partial charge in [-0.3, -0.25) is 37.3 Å². The van der Waals surface area contributed by atoms with Gasteiger partial charge in [0.2, 0.25) is 0 Å². The molecule has 0 aliphatic carbocycles. The van der Waals surface area contributed by atoms with E-state index in [4.69, 9.17) is 37.0 Å². The first-order chi connectivity index (χ1) is 45.7. The minimum absolute atomic E-state index is 0.108. The van der Waals surface area contributed by atoms with E-state index in [1.54, 1.807) is 0 Å². The number of rotatable bonds is 76. The summed E-state index contributed by atoms with van der Waals surface area (Å²) in [5, 5.41) is 10.6. The maximum atomic E-state index is 13.1. The average Bonchev–Trinajstić information content (AvgIpc) is 1.39. The number of carbonyl (C=O) groups excluding carboxylic acids is 4. The van der Waals surface area contributed by atoms with Gasteiger partial charge in [-0.15, -0.1) is 0 Å². The summed E-state index contributed by atoms with van der Waals surface area (Å²) >= 11 is 0. The van der Waals surface area contributed by atoms with Crippen LogP contribution in [0, 0.1) is 0 Å². The van der Waals surface area contributed by atoms with Crippen molar-refractivity contribution in [3.63, 3.8) is 0 Å². The van der Waals surface area contributed by atoms with Crippen LogP contribution in [0.5, 0.6) is 0 Å². The van der Waals surface area contributed by atoms with Crippen LogP contribution < -0.4 is 0 Å². The van der Waals surface area contributed by atoms with Crippen molar-refractivity contribution in [1.82, 2.24) is 0 Å². The number of esters is 4. The van der Waals surface area contributed by atoms with Crippen LogP contribution in [0.3, 0.4) is 0 Å². The van der Waals surface area contributed by atoms with Crippen LogP contribution in [0.4, 0.5) is 0 Å². The van der Waals surface area contributed by atoms with Crippen molar-refractivity contribution < 1.29 is 80.2 Å². The molecule has 3 N–H and O–H groups in total. The van der Waals surface area contributed by atoms with Gasteiger partial charge in [-0.05, 0) is 25.7 Å². The lowest BCUT2D eigenvalue weighted by Crippen LogP contribution is -2.30. The van der Waals surface area contributed by atoms with Gasteiger partial charge in [0.25, 0.3) is 0 Å². The van der Waals surface area contributed by atoms with Gasteiger partial charge in [-0.1, -0.05) is 349 Å². The Bertz CT molecular complexity index is 1790. The number of aliphatic hydroxyl groups excluding tert-OH is 1. The molecule has 0 amide bonds. The van der Waals surface area contributed by atoms with Crippen molar-refractivity contribution in [2.24, 2.45) is 0 Å². The summed E-state index contributed by atoms with van der Waals surface area (Å²) < 4.78 is 68.4. The molecular formula is C75H146O17P2. The molecule has 17 nitrogen and oxygen atoms in total. The molecule has 0 spiro atoms. The molecule has 0 aromatic rings. The molecule has 19 heteroatoms. The van der Waals surface area contributed by atoms with Gasteiger partial charge < -0.3 is 33.8 Å². The van der Waals surface area contributed by atoms with E-state index in [9.17, 15) is 43.2 Å². The van der Waals surface area contributed by atoms with E-state index in [-0.39, 0.29) is 25.7 Å². The van der Waals surface area contributed by atoms with E-state index in [0.717, 1.165) is 89.9 Å². The Morgan fingerprint density at radius 2 is 0.426 bits per heavy atom. The molecule has 0 saturated heterocycles. The molecule has 558 valence electrons. The third kappa shape index (κ3) is 68.6. The fraction of sp³-hybridized carbons (Fsp3) is 0.947. The summed E-state index contributed by atoms with van der Waals surface area (Å²) in [5.74, 6) is -2.11. The number of unbranched alkanes of at least 4 members (excludes halogenated alkanes) is 50. The molecule has 2 unspecified atom stereocenters. The Labute approximate surface area is 575 Å². The molecule has 0 radical (unpaired) electrons. The predicted octanol–water partition coefficient (Wildman–Crippen LogP) is 22.2. The molecule has 0 bridgehead atoms. The summed E-state index contributed by atoms with van der Waals surface area (Å²) in [6.45, 7) is 4.96. The van der Waals surface area contributed by atoms with Crippen molar-refractivity contribution in [2.45, 2.75) is 418 Å². The van der Waals surface area contributed by atoms with E-state index in [2.05, 4.69) is 27.7 Å². The van der Waals surface area contributed by atoms with Crippen LogP contribution in [0.25, 0.3) is 0 Å². The first-order valence-electron chi connectivity index (χ1n) is 39.3. The third-order valence-corrected chi connectivity index (χ3v) is 19.5. The normalized spacial score (nSPS) is 13.9. The lowest BCUT2D eigenvalue weighted by atomic mass is 10.0. The zero-order chi connectivity index (χ0) is 69.0. The van der Waals surface area contributed by atoms with Crippen LogP contribution in [-0.2, 0) is 65.4 Å². The fourth-order valence-corrected chi connectivity index (χ4v) is 13.2. The first-order valence-corrected chi connectivity index (χ1v) is 42.3. The van der Waals surface area contributed by atoms with Gasteiger partial charge in [-0.25, -0.2) is 9.13 Å². The Hall–Kier alpha value is -1.94. The second-order valence-electron chi connectivity index (χ2n) is 27.0. The lowest BCUT2D eigenvalue weighted by molar-refractivity contribution is -0.161. The van der Waals surface area contributed by atoms with E-state index < -0.39 is 97.5 Å². The third-order valence-electron chi connectivity index (χ3n) is 17.6. The molecule has 0 aliphatic heterocycles. The van der Waals surface area contributed by atoms with Crippen LogP contribution in [0.2, 0.25) is 0 Å². The van der Waals surface area contributed by atoms with Crippen molar-refractivity contribution >= 4 is 39.5 Å². The largest absolute Gasteiger partial charge is 0.472 e. The number of aliphatic hydroxyl groups is 1. The molecule has 0 saturated carbocycles. The zero-order valence-corrected chi connectivity index (χ0v) is 62.7. The number of hydrogen-bond acceptors (Lipinski definition) is 15. The number of carbonyl (C=O) groups is 4. The highest BCUT2D eigenvalue weighted by Gasteiger charge is 2.30. The van der Waals surface area contributed by atoms with Crippen molar-refractivity contribution in [3.05, 3.63) is 0 Å². The number of phosphoric ester groups is 2. The molecular weight excluding hydrogens is 1230 g/mol. The smallest absolute Gasteiger partial charge is 0.462 e. The first kappa shape index (κ1) is 92.1. The molecule has 5 atom stereocenters. The van der Waals surface area contributed by atoms with E-state index in [1.807, 2.05) is 0 Å². The summed E-state index contributed by atoms with van der Waals surface area (Å²) in [5.41, 5.74) is 0. The van der Waals surface area contributed by atoms with Crippen LogP contribution in [-0.4, -0.2) is 96.7 Å². The molecule has 0 rings (SSSR count). The van der Waals surface area contributed by atoms with E-state index in [0.29, 0.717) is 25.7 Å². The second kappa shape index (κ2) is 69.5. The summed E-state index contributed by atoms with van der Waals surface area (Å²) in [7, 11) is -9.90. The van der Waals surface area contributed by atoms with Gasteiger partial charge in [-0.2, -0.15) is 0 Å². The summed E-state index contributed by atoms with van der Waals surface area (Å²) in [6.07, 6.45) is 59.6. The topological polar surface area (TPSA) is 237 Å². The number of ether oxygens (including phenoxy) is 4. The highest BCUT2D eigenvalue weighted by atomic mass is 31.2. The number of hydrogen-bond donors (Lipinski definition) is 3. The van der Waals surface area contributed by atoms with Gasteiger partial charge in [0, 0.05) is 25.7 Å². The van der Waals surface area contributed by atoms with Gasteiger partial charge >= 0.3 is 39.5 Å². The number of phosphoric acid groups is 2. The van der Waals surface area contributed by atoms with Crippen LogP contribution >= 0.6 is 15.6 Å². The Morgan fingerprint density at radius 1 is 0.255 bits per heavy atom. The molecule has 0 heterocycles. The van der Waals surface area contributed by atoms with Crippen molar-refractivity contribution in [3.8, 4) is 0 Å². The average molecular weight is 1380 g/mol. The highest BCUT2D eigenvalue weighted by Crippen LogP contribution is 2.45. The summed E-state index contributed by atoms with van der Waals surface area (Å²) in [4.78, 5) is 72.7. The summed E-state index contributed by atoms with van der Waals surface area (Å²) in [6, 6.07) is 0. The second-order valence-corrected chi connectivity index (χ2v) is 29.9. The van der Waals surface area contributed by atoms with E-state index in [1.165, 1.54) is 231 Å². The molecule has 94 heavy (non-hydrogen) atoms. The van der Waals surface area contributed by atoms with Crippen LogP contribution in [0.15, 0.2) is 0 Å². The lowest BCUT2D eigenvalue weighted by Gasteiger charge is -2.21. The minimum atomic E-state index is -4.95. The van der Waals surface area contributed by atoms with Gasteiger partial charge in [0.05, 0.1) is 26.4 Å². The van der Waals surface area contributed by atoms with Crippen LogP contribution in [0.1, 0.15) is 400 Å².